The third kappa shape index (κ3) is 3.31. The van der Waals surface area contributed by atoms with E-state index in [0.717, 1.165) is 12.8 Å². The first kappa shape index (κ1) is 19.3. The Labute approximate surface area is 174 Å². The Morgan fingerprint density at radius 1 is 1.03 bits per heavy atom. The van der Waals surface area contributed by atoms with Crippen LogP contribution in [0.15, 0.2) is 39.5 Å². The minimum absolute atomic E-state index is 0.0514. The van der Waals surface area contributed by atoms with Crippen LogP contribution >= 0.6 is 0 Å². The number of fused-ring (bicyclic) bond motifs is 2. The molecule has 2 aromatic rings. The van der Waals surface area contributed by atoms with Crippen LogP contribution in [-0.2, 0) is 4.79 Å². The van der Waals surface area contributed by atoms with Gasteiger partial charge in [0.2, 0.25) is 5.91 Å². The molecule has 3 aliphatic rings. The minimum Gasteiger partial charge on any atom is -0.451 e. The summed E-state index contributed by atoms with van der Waals surface area (Å²) in [6, 6.07) is 8.19. The number of hydrogen-bond acceptors (Lipinski definition) is 5. The van der Waals surface area contributed by atoms with Gasteiger partial charge in [0, 0.05) is 38.2 Å². The Morgan fingerprint density at radius 2 is 1.77 bits per heavy atom. The normalized spacial score (nSPS) is 26.9. The Kier molecular flexibility index (Phi) is 4.85. The van der Waals surface area contributed by atoms with Crippen LogP contribution in [0.5, 0.6) is 0 Å². The van der Waals surface area contributed by atoms with Gasteiger partial charge in [0.1, 0.15) is 5.58 Å². The molecule has 1 aromatic heterocycles. The zero-order valence-electron chi connectivity index (χ0n) is 16.8. The molecule has 5 rings (SSSR count). The van der Waals surface area contributed by atoms with Crippen LogP contribution in [0.25, 0.3) is 11.0 Å². The fraction of sp³-hybridized carbons (Fsp3) is 0.522. The number of hydrogen-bond donors (Lipinski definition) is 1. The van der Waals surface area contributed by atoms with Crippen molar-refractivity contribution in [3.63, 3.8) is 0 Å². The summed E-state index contributed by atoms with van der Waals surface area (Å²) < 4.78 is 5.73. The molecule has 2 aliphatic heterocycles. The molecule has 1 aromatic carbocycles. The van der Waals surface area contributed by atoms with Crippen molar-refractivity contribution in [3.8, 4) is 0 Å². The summed E-state index contributed by atoms with van der Waals surface area (Å²) in [6.07, 6.45) is 2.73. The van der Waals surface area contributed by atoms with E-state index in [0.29, 0.717) is 55.9 Å². The number of benzene rings is 1. The summed E-state index contributed by atoms with van der Waals surface area (Å²) in [6.45, 7) is 2.36. The molecule has 0 spiro atoms. The van der Waals surface area contributed by atoms with Gasteiger partial charge in [0.05, 0.1) is 11.5 Å². The lowest BCUT2D eigenvalue weighted by Gasteiger charge is -2.51. The minimum atomic E-state index is -0.303. The summed E-state index contributed by atoms with van der Waals surface area (Å²) in [5.74, 6) is 0.523. The van der Waals surface area contributed by atoms with Crippen molar-refractivity contribution in [1.29, 1.82) is 0 Å². The van der Waals surface area contributed by atoms with Gasteiger partial charge in [-0.2, -0.15) is 0 Å². The first-order valence-corrected chi connectivity index (χ1v) is 10.8. The molecule has 7 heteroatoms. The zero-order chi connectivity index (χ0) is 20.8. The van der Waals surface area contributed by atoms with Gasteiger partial charge in [-0.25, -0.2) is 0 Å². The summed E-state index contributed by atoms with van der Waals surface area (Å²) in [4.78, 5) is 42.0. The zero-order valence-corrected chi connectivity index (χ0v) is 16.8. The van der Waals surface area contributed by atoms with Gasteiger partial charge in [-0.1, -0.05) is 12.1 Å². The van der Waals surface area contributed by atoms with Crippen molar-refractivity contribution in [3.05, 3.63) is 46.3 Å². The van der Waals surface area contributed by atoms with Crippen LogP contribution in [0.1, 0.15) is 36.2 Å². The van der Waals surface area contributed by atoms with Crippen molar-refractivity contribution in [2.75, 3.05) is 26.2 Å². The molecule has 158 valence electrons. The van der Waals surface area contributed by atoms with Gasteiger partial charge in [-0.3, -0.25) is 14.4 Å². The largest absolute Gasteiger partial charge is 0.451 e. The average Bonchev–Trinajstić information content (AvgIpc) is 2.74. The molecule has 7 nitrogen and oxygen atoms in total. The van der Waals surface area contributed by atoms with E-state index < -0.39 is 0 Å². The molecule has 2 amide bonds. The molecular formula is C23H26N2O5. The van der Waals surface area contributed by atoms with Crippen LogP contribution in [0, 0.1) is 17.8 Å². The number of aliphatic hydroxyl groups is 1. The quantitative estimate of drug-likeness (QED) is 0.816. The maximum atomic E-state index is 13.1. The maximum Gasteiger partial charge on any atom is 0.289 e. The van der Waals surface area contributed by atoms with Gasteiger partial charge >= 0.3 is 0 Å². The molecule has 30 heavy (non-hydrogen) atoms. The third-order valence-corrected chi connectivity index (χ3v) is 7.11. The van der Waals surface area contributed by atoms with Crippen molar-refractivity contribution >= 4 is 22.8 Å². The van der Waals surface area contributed by atoms with Crippen LogP contribution in [-0.4, -0.2) is 59.0 Å². The number of carbonyl (C=O) groups excluding carboxylic acids is 2. The lowest BCUT2D eigenvalue weighted by atomic mass is 9.61. The van der Waals surface area contributed by atoms with Crippen LogP contribution in [0.4, 0.5) is 0 Å². The highest BCUT2D eigenvalue weighted by molar-refractivity contribution is 5.93. The van der Waals surface area contributed by atoms with Crippen LogP contribution in [0.3, 0.4) is 0 Å². The predicted molar refractivity (Wildman–Crippen MR) is 110 cm³/mol. The van der Waals surface area contributed by atoms with E-state index in [1.807, 2.05) is 4.90 Å². The Balaban J connectivity index is 1.30. The maximum absolute atomic E-state index is 13.1. The second-order valence-corrected chi connectivity index (χ2v) is 8.83. The molecule has 3 atom stereocenters. The lowest BCUT2D eigenvalue weighted by Crippen LogP contribution is -2.57. The number of rotatable bonds is 2. The molecule has 3 fully saturated rings. The molecule has 0 bridgehead atoms. The van der Waals surface area contributed by atoms with E-state index in [1.165, 1.54) is 6.07 Å². The number of carbonyl (C=O) groups is 2. The molecule has 2 saturated heterocycles. The molecule has 0 unspecified atom stereocenters. The van der Waals surface area contributed by atoms with E-state index in [9.17, 15) is 19.5 Å². The predicted octanol–water partition coefficient (Wildman–Crippen LogP) is 1.87. The number of piperidine rings is 2. The first-order chi connectivity index (χ1) is 14.5. The second-order valence-electron chi connectivity index (χ2n) is 8.83. The smallest absolute Gasteiger partial charge is 0.289 e. The van der Waals surface area contributed by atoms with Gasteiger partial charge in [-0.15, -0.1) is 0 Å². The number of aliphatic hydroxyl groups excluding tert-OH is 1. The molecular weight excluding hydrogens is 384 g/mol. The van der Waals surface area contributed by atoms with Crippen molar-refractivity contribution < 1.29 is 19.1 Å². The topological polar surface area (TPSA) is 91.1 Å². The molecule has 1 aliphatic carbocycles. The van der Waals surface area contributed by atoms with Crippen LogP contribution in [0.2, 0.25) is 0 Å². The summed E-state index contributed by atoms with van der Waals surface area (Å²) in [5.41, 5.74) is 0.186. The van der Waals surface area contributed by atoms with Crippen molar-refractivity contribution in [2.45, 2.75) is 31.8 Å². The van der Waals surface area contributed by atoms with Crippen LogP contribution < -0.4 is 5.43 Å². The number of para-hydroxylation sites is 1. The molecule has 1 N–H and O–H groups in total. The Bertz CT molecular complexity index is 1040. The third-order valence-electron chi connectivity index (χ3n) is 7.11. The average molecular weight is 410 g/mol. The van der Waals surface area contributed by atoms with Crippen molar-refractivity contribution in [2.24, 2.45) is 17.8 Å². The highest BCUT2D eigenvalue weighted by Crippen LogP contribution is 2.46. The SMILES string of the molecule is O=C(c1cc(=O)c2ccccc2o1)N1CC[C@@H]2C[C@@H](C(=O)N3CCC(O)CC3)[C@@H]2C1. The first-order valence-electron chi connectivity index (χ1n) is 10.8. The highest BCUT2D eigenvalue weighted by Gasteiger charge is 2.49. The number of nitrogens with zero attached hydrogens (tertiary/aromatic N) is 2. The van der Waals surface area contributed by atoms with E-state index >= 15 is 0 Å². The monoisotopic (exact) mass is 410 g/mol. The van der Waals surface area contributed by atoms with Crippen molar-refractivity contribution in [1.82, 2.24) is 9.80 Å². The van der Waals surface area contributed by atoms with Gasteiger partial charge in [-0.05, 0) is 49.7 Å². The molecule has 3 heterocycles. The summed E-state index contributed by atoms with van der Waals surface area (Å²) in [7, 11) is 0. The lowest BCUT2D eigenvalue weighted by molar-refractivity contribution is -0.149. The van der Waals surface area contributed by atoms with Gasteiger partial charge in [0.25, 0.3) is 5.91 Å². The van der Waals surface area contributed by atoms with Gasteiger partial charge < -0.3 is 19.3 Å². The van der Waals surface area contributed by atoms with E-state index in [-0.39, 0.29) is 40.9 Å². The molecule has 0 radical (unpaired) electrons. The summed E-state index contributed by atoms with van der Waals surface area (Å²) in [5, 5.41) is 10.1. The second kappa shape index (κ2) is 7.54. The fourth-order valence-corrected chi connectivity index (χ4v) is 5.24. The van der Waals surface area contributed by atoms with E-state index in [2.05, 4.69) is 0 Å². The fourth-order valence-electron chi connectivity index (χ4n) is 5.24. The summed E-state index contributed by atoms with van der Waals surface area (Å²) >= 11 is 0. The molecule has 1 saturated carbocycles. The standard InChI is InChI=1S/C23H26N2O5/c26-15-6-9-24(10-7-15)22(28)17-11-14-5-8-25(13-18(14)17)23(29)21-12-19(27)16-3-1-2-4-20(16)30-21/h1-4,12,14-15,17-18,26H,5-11,13H2/t14-,17-,18-/m1/s1. The van der Waals surface area contributed by atoms with Gasteiger partial charge in [0.15, 0.2) is 11.2 Å². The van der Waals surface area contributed by atoms with E-state index in [4.69, 9.17) is 4.42 Å². The number of amides is 2. The highest BCUT2D eigenvalue weighted by atomic mass is 16.3. The Morgan fingerprint density at radius 3 is 2.57 bits per heavy atom. The Hall–Kier alpha value is -2.67. The number of likely N-dealkylation sites (tertiary alicyclic amines) is 2. The van der Waals surface area contributed by atoms with E-state index in [1.54, 1.807) is 29.2 Å².